The second-order valence-corrected chi connectivity index (χ2v) is 14.5. The fourth-order valence-corrected chi connectivity index (χ4v) is 7.13. The molecule has 1 amide bonds. The van der Waals surface area contributed by atoms with E-state index < -0.39 is 36.8 Å². The van der Waals surface area contributed by atoms with Crippen LogP contribution < -0.4 is 14.8 Å². The fraction of sp³-hybridized carbons (Fsp3) is 0.462. The Hall–Kier alpha value is -3.80. The zero-order chi connectivity index (χ0) is 30.8. The minimum atomic E-state index is -3.71. The summed E-state index contributed by atoms with van der Waals surface area (Å²) in [5, 5.41) is 2.36. The first-order valence-corrected chi connectivity index (χ1v) is 16.6. The number of nitrogens with zero attached hydrogens (tertiary/aromatic N) is 7. The van der Waals surface area contributed by atoms with E-state index in [1.807, 2.05) is 6.92 Å². The highest BCUT2D eigenvalue weighted by atomic mass is 32.2. The number of hydrogen-bond donors (Lipinski definition) is 2. The van der Waals surface area contributed by atoms with Gasteiger partial charge in [0.2, 0.25) is 27.8 Å². The van der Waals surface area contributed by atoms with Crippen LogP contribution in [0.1, 0.15) is 38.3 Å². The van der Waals surface area contributed by atoms with Gasteiger partial charge in [-0.2, -0.15) is 17.0 Å². The maximum Gasteiger partial charge on any atom is 0.281 e. The Morgan fingerprint density at radius 2 is 1.79 bits per heavy atom. The molecule has 3 aromatic heterocycles. The van der Waals surface area contributed by atoms with Crippen LogP contribution in [-0.2, 0) is 30.4 Å². The topological polar surface area (TPSA) is 190 Å². The second kappa shape index (κ2) is 12.1. The highest BCUT2D eigenvalue weighted by molar-refractivity contribution is 7.93. The highest BCUT2D eigenvalue weighted by Crippen LogP contribution is 2.37. The van der Waals surface area contributed by atoms with Crippen LogP contribution in [0.3, 0.4) is 0 Å². The van der Waals surface area contributed by atoms with Crippen molar-refractivity contribution in [2.24, 2.45) is 0 Å². The molecule has 2 N–H and O–H groups in total. The molecule has 15 nitrogen and oxygen atoms in total. The van der Waals surface area contributed by atoms with Crippen LogP contribution in [0.5, 0.6) is 5.88 Å². The third kappa shape index (κ3) is 6.58. The molecule has 0 unspecified atom stereocenters. The molecule has 0 spiro atoms. The summed E-state index contributed by atoms with van der Waals surface area (Å²) < 4.78 is 60.9. The van der Waals surface area contributed by atoms with Crippen molar-refractivity contribution in [3.05, 3.63) is 48.7 Å². The Kier molecular flexibility index (Phi) is 8.60. The summed E-state index contributed by atoms with van der Waals surface area (Å²) in [6, 6.07) is 4.90. The molecule has 0 radical (unpaired) electrons. The molecule has 2 aliphatic rings. The highest BCUT2D eigenvalue weighted by Gasteiger charge is 2.47. The lowest BCUT2D eigenvalue weighted by atomic mass is 9.75. The Morgan fingerprint density at radius 3 is 2.42 bits per heavy atom. The first kappa shape index (κ1) is 30.7. The molecule has 230 valence electrons. The number of rotatable bonds is 11. The van der Waals surface area contributed by atoms with Gasteiger partial charge in [0, 0.05) is 45.1 Å². The van der Waals surface area contributed by atoms with E-state index in [9.17, 15) is 21.6 Å². The number of ether oxygens (including phenoxy) is 1. The lowest BCUT2D eigenvalue weighted by Gasteiger charge is -2.40. The summed E-state index contributed by atoms with van der Waals surface area (Å²) in [7, 11) is -4.46. The number of sulfonamides is 1. The van der Waals surface area contributed by atoms with Gasteiger partial charge in [0.1, 0.15) is 5.82 Å². The third-order valence-electron chi connectivity index (χ3n) is 7.35. The van der Waals surface area contributed by atoms with Crippen molar-refractivity contribution >= 4 is 37.9 Å². The molecule has 2 fully saturated rings. The van der Waals surface area contributed by atoms with Crippen LogP contribution in [-0.4, -0.2) is 95.3 Å². The van der Waals surface area contributed by atoms with Gasteiger partial charge in [0.05, 0.1) is 41.1 Å². The quantitative estimate of drug-likeness (QED) is 0.311. The van der Waals surface area contributed by atoms with E-state index in [1.54, 1.807) is 30.6 Å². The van der Waals surface area contributed by atoms with Crippen LogP contribution in [0.2, 0.25) is 0 Å². The van der Waals surface area contributed by atoms with E-state index in [1.165, 1.54) is 30.8 Å². The van der Waals surface area contributed by atoms with Crippen LogP contribution in [0.25, 0.3) is 11.3 Å². The van der Waals surface area contributed by atoms with Crippen LogP contribution >= 0.6 is 0 Å². The molecule has 0 aromatic carbocycles. The molecule has 4 heterocycles. The van der Waals surface area contributed by atoms with Gasteiger partial charge in [-0.05, 0) is 50.8 Å². The van der Waals surface area contributed by atoms with Gasteiger partial charge in [-0.15, -0.1) is 0 Å². The van der Waals surface area contributed by atoms with Crippen molar-refractivity contribution in [3.8, 4) is 17.1 Å². The number of aromatic nitrogens is 5. The summed E-state index contributed by atoms with van der Waals surface area (Å²) in [5.41, 5.74) is 0.186. The summed E-state index contributed by atoms with van der Waals surface area (Å²) in [6.07, 6.45) is 7.33. The molecular formula is C26H33N9O6S2. The standard InChI is InChI=1S/C26H33N9O6S2/c1-4-41-23-17-27-16-20(30-23)18-5-8-22(29-15-18)32-24(36)26(10-13-35(14-11-26)43(39,40)34(2)3)21-9-12-28-25(31-21)33-42(37,38)19-6-7-19/h5,8-9,12,15-17,19H,4,6-7,10-11,13-14H2,1-3H3,(H,28,31,33)(H,29,32,36). The van der Waals surface area contributed by atoms with E-state index in [4.69, 9.17) is 4.74 Å². The van der Waals surface area contributed by atoms with Gasteiger partial charge >= 0.3 is 0 Å². The van der Waals surface area contributed by atoms with E-state index in [-0.39, 0.29) is 43.4 Å². The van der Waals surface area contributed by atoms with Crippen molar-refractivity contribution in [2.45, 2.75) is 43.3 Å². The molecule has 1 saturated heterocycles. The number of pyridine rings is 1. The van der Waals surface area contributed by atoms with Crippen molar-refractivity contribution in [1.82, 2.24) is 33.5 Å². The lowest BCUT2D eigenvalue weighted by molar-refractivity contribution is -0.123. The van der Waals surface area contributed by atoms with Crippen molar-refractivity contribution < 1.29 is 26.4 Å². The number of amides is 1. The Morgan fingerprint density at radius 1 is 1.05 bits per heavy atom. The smallest absolute Gasteiger partial charge is 0.281 e. The molecule has 0 atom stereocenters. The lowest BCUT2D eigenvalue weighted by Crippen LogP contribution is -2.53. The summed E-state index contributed by atoms with van der Waals surface area (Å²) in [5.74, 6) is 0.0416. The normalized spacial score (nSPS) is 17.4. The number of carbonyl (C=O) groups excluding carboxylic acids is 1. The Labute approximate surface area is 250 Å². The van der Waals surface area contributed by atoms with Gasteiger partial charge in [0.15, 0.2) is 0 Å². The number of nitrogens with one attached hydrogen (secondary N) is 2. The average molecular weight is 632 g/mol. The second-order valence-electron chi connectivity index (χ2n) is 10.4. The number of hydrogen-bond acceptors (Lipinski definition) is 11. The maximum atomic E-state index is 14.0. The SMILES string of the molecule is CCOc1cncc(-c2ccc(NC(=O)C3(c4ccnc(NS(=O)(=O)C5CC5)n4)CCN(S(=O)(=O)N(C)C)CC3)nc2)n1. The largest absolute Gasteiger partial charge is 0.477 e. The zero-order valence-electron chi connectivity index (χ0n) is 24.0. The Balaban J connectivity index is 1.42. The molecular weight excluding hydrogens is 598 g/mol. The minimum absolute atomic E-state index is 0.0439. The number of carbonyl (C=O) groups is 1. The molecule has 1 aliphatic heterocycles. The summed E-state index contributed by atoms with van der Waals surface area (Å²) in [6.45, 7) is 2.38. The molecule has 0 bridgehead atoms. The third-order valence-corrected chi connectivity index (χ3v) is 11.1. The predicted molar refractivity (Wildman–Crippen MR) is 158 cm³/mol. The molecule has 3 aromatic rings. The summed E-state index contributed by atoms with van der Waals surface area (Å²) in [4.78, 5) is 35.4. The van der Waals surface area contributed by atoms with Crippen molar-refractivity contribution in [1.29, 1.82) is 0 Å². The van der Waals surface area contributed by atoms with Gasteiger partial charge in [-0.1, -0.05) is 0 Å². The van der Waals surface area contributed by atoms with Crippen molar-refractivity contribution in [3.63, 3.8) is 0 Å². The predicted octanol–water partition coefficient (Wildman–Crippen LogP) is 1.41. The van der Waals surface area contributed by atoms with Gasteiger partial charge < -0.3 is 10.1 Å². The van der Waals surface area contributed by atoms with Gasteiger partial charge in [-0.25, -0.2) is 28.4 Å². The van der Waals surface area contributed by atoms with E-state index in [0.717, 1.165) is 4.31 Å². The van der Waals surface area contributed by atoms with Gasteiger partial charge in [0.25, 0.3) is 10.2 Å². The van der Waals surface area contributed by atoms with Crippen LogP contribution in [0.15, 0.2) is 43.0 Å². The molecule has 5 rings (SSSR count). The summed E-state index contributed by atoms with van der Waals surface area (Å²) >= 11 is 0. The minimum Gasteiger partial charge on any atom is -0.477 e. The Bertz CT molecular complexity index is 1690. The molecule has 1 aliphatic carbocycles. The van der Waals surface area contributed by atoms with E-state index >= 15 is 0 Å². The van der Waals surface area contributed by atoms with Gasteiger partial charge in [-0.3, -0.25) is 14.5 Å². The first-order valence-electron chi connectivity index (χ1n) is 13.7. The van der Waals surface area contributed by atoms with E-state index in [0.29, 0.717) is 36.6 Å². The average Bonchev–Trinajstić information content (AvgIpc) is 3.85. The van der Waals surface area contributed by atoms with E-state index in [2.05, 4.69) is 35.0 Å². The monoisotopic (exact) mass is 631 g/mol. The first-order chi connectivity index (χ1) is 20.4. The van der Waals surface area contributed by atoms with Crippen LogP contribution in [0.4, 0.5) is 11.8 Å². The molecule has 1 saturated carbocycles. The number of anilines is 2. The fourth-order valence-electron chi connectivity index (χ4n) is 4.75. The number of piperidine rings is 1. The molecule has 43 heavy (non-hydrogen) atoms. The molecule has 17 heteroatoms. The van der Waals surface area contributed by atoms with Crippen molar-refractivity contribution in [2.75, 3.05) is 43.8 Å². The zero-order valence-corrected chi connectivity index (χ0v) is 25.6. The maximum absolute atomic E-state index is 14.0. The van der Waals surface area contributed by atoms with Crippen LogP contribution in [0, 0.1) is 0 Å².